The summed E-state index contributed by atoms with van der Waals surface area (Å²) in [6.45, 7) is 0. The van der Waals surface area contributed by atoms with E-state index in [1.54, 1.807) is 54.7 Å². The summed E-state index contributed by atoms with van der Waals surface area (Å²) in [5.74, 6) is 0.0816. The lowest BCUT2D eigenvalue weighted by Crippen LogP contribution is -2.13. The van der Waals surface area contributed by atoms with Crippen LogP contribution in [0, 0.1) is 0 Å². The molecule has 6 heteroatoms. The lowest BCUT2D eigenvalue weighted by Gasteiger charge is -2.06. The highest BCUT2D eigenvalue weighted by molar-refractivity contribution is 7.12. The van der Waals surface area contributed by atoms with Gasteiger partial charge in [0.2, 0.25) is 0 Å². The number of aromatic nitrogens is 1. The molecule has 2 heterocycles. The number of benzene rings is 1. The van der Waals surface area contributed by atoms with Crippen molar-refractivity contribution in [3.8, 4) is 0 Å². The largest absolute Gasteiger partial charge is 0.321 e. The van der Waals surface area contributed by atoms with E-state index in [9.17, 15) is 9.59 Å². The highest BCUT2D eigenvalue weighted by Gasteiger charge is 2.09. The van der Waals surface area contributed by atoms with Gasteiger partial charge in [0.15, 0.2) is 0 Å². The predicted octanol–water partition coefficient (Wildman–Crippen LogP) is 3.65. The zero-order chi connectivity index (χ0) is 16.1. The van der Waals surface area contributed by atoms with Gasteiger partial charge in [0.05, 0.1) is 4.88 Å². The van der Waals surface area contributed by atoms with Crippen LogP contribution < -0.4 is 10.6 Å². The number of nitrogens with one attached hydrogen (secondary N) is 2. The van der Waals surface area contributed by atoms with Gasteiger partial charge in [0, 0.05) is 17.4 Å². The maximum atomic E-state index is 12.1. The lowest BCUT2D eigenvalue weighted by atomic mass is 10.2. The summed E-state index contributed by atoms with van der Waals surface area (Å²) in [6, 6.07) is 15.6. The molecule has 5 nitrogen and oxygen atoms in total. The summed E-state index contributed by atoms with van der Waals surface area (Å²) >= 11 is 1.38. The fourth-order valence-corrected chi connectivity index (χ4v) is 2.55. The first-order valence-corrected chi connectivity index (χ1v) is 7.77. The highest BCUT2D eigenvalue weighted by atomic mass is 32.1. The summed E-state index contributed by atoms with van der Waals surface area (Å²) in [5, 5.41) is 7.34. The summed E-state index contributed by atoms with van der Waals surface area (Å²) < 4.78 is 0. The number of anilines is 2. The van der Waals surface area contributed by atoms with Crippen LogP contribution in [-0.4, -0.2) is 16.8 Å². The number of hydrogen-bond acceptors (Lipinski definition) is 4. The van der Waals surface area contributed by atoms with Gasteiger partial charge in [0.1, 0.15) is 5.82 Å². The van der Waals surface area contributed by atoms with Gasteiger partial charge in [-0.1, -0.05) is 12.1 Å². The summed E-state index contributed by atoms with van der Waals surface area (Å²) in [4.78, 5) is 28.7. The number of nitrogens with zero attached hydrogens (tertiary/aromatic N) is 1. The van der Waals surface area contributed by atoms with E-state index in [-0.39, 0.29) is 11.8 Å². The summed E-state index contributed by atoms with van der Waals surface area (Å²) in [7, 11) is 0. The molecule has 1 aromatic carbocycles. The highest BCUT2D eigenvalue weighted by Crippen LogP contribution is 2.15. The molecule has 0 saturated carbocycles. The Labute approximate surface area is 137 Å². The van der Waals surface area contributed by atoms with E-state index < -0.39 is 0 Å². The van der Waals surface area contributed by atoms with Crippen molar-refractivity contribution in [3.63, 3.8) is 0 Å². The number of carbonyl (C=O) groups excluding carboxylic acids is 2. The molecule has 0 aliphatic rings. The smallest absolute Gasteiger partial charge is 0.265 e. The second-order valence-corrected chi connectivity index (χ2v) is 5.63. The monoisotopic (exact) mass is 323 g/mol. The van der Waals surface area contributed by atoms with Gasteiger partial charge >= 0.3 is 0 Å². The van der Waals surface area contributed by atoms with Crippen LogP contribution in [0.4, 0.5) is 11.5 Å². The molecule has 2 amide bonds. The first-order chi connectivity index (χ1) is 11.2. The van der Waals surface area contributed by atoms with E-state index in [1.807, 2.05) is 11.4 Å². The number of rotatable bonds is 4. The van der Waals surface area contributed by atoms with Gasteiger partial charge < -0.3 is 10.6 Å². The molecule has 3 rings (SSSR count). The van der Waals surface area contributed by atoms with Crippen molar-refractivity contribution in [2.75, 3.05) is 10.6 Å². The maximum Gasteiger partial charge on any atom is 0.265 e. The van der Waals surface area contributed by atoms with Crippen molar-refractivity contribution < 1.29 is 9.59 Å². The Hall–Kier alpha value is -2.99. The number of pyridine rings is 1. The van der Waals surface area contributed by atoms with Crippen LogP contribution in [0.1, 0.15) is 20.0 Å². The van der Waals surface area contributed by atoms with E-state index in [0.29, 0.717) is 21.9 Å². The molecule has 0 spiro atoms. The van der Waals surface area contributed by atoms with E-state index in [4.69, 9.17) is 0 Å². The summed E-state index contributed by atoms with van der Waals surface area (Å²) in [6.07, 6.45) is 1.61. The molecule has 0 atom stereocenters. The van der Waals surface area contributed by atoms with E-state index in [1.165, 1.54) is 11.3 Å². The van der Waals surface area contributed by atoms with Gasteiger partial charge in [-0.05, 0) is 47.8 Å². The van der Waals surface area contributed by atoms with Crippen LogP contribution in [0.3, 0.4) is 0 Å². The SMILES string of the molecule is O=C(Nc1ccccn1)c1ccc(NC(=O)c2cccs2)cc1. The number of hydrogen-bond donors (Lipinski definition) is 2. The molecule has 0 fully saturated rings. The van der Waals surface area contributed by atoms with Gasteiger partial charge in [-0.15, -0.1) is 11.3 Å². The average Bonchev–Trinajstić information content (AvgIpc) is 3.11. The molecule has 0 aliphatic carbocycles. The third kappa shape index (κ3) is 3.81. The van der Waals surface area contributed by atoms with E-state index >= 15 is 0 Å². The van der Waals surface area contributed by atoms with Crippen LogP contribution in [-0.2, 0) is 0 Å². The van der Waals surface area contributed by atoms with Crippen LogP contribution in [0.25, 0.3) is 0 Å². The third-order valence-electron chi connectivity index (χ3n) is 3.06. The molecule has 3 aromatic rings. The molecule has 0 radical (unpaired) electrons. The van der Waals surface area contributed by atoms with Crippen molar-refractivity contribution in [3.05, 3.63) is 76.6 Å². The van der Waals surface area contributed by atoms with Gasteiger partial charge in [-0.25, -0.2) is 4.98 Å². The molecular formula is C17H13N3O2S. The number of amides is 2. The standard InChI is InChI=1S/C17H13N3O2S/c21-16(20-15-5-1-2-10-18-15)12-6-8-13(9-7-12)19-17(22)14-4-3-11-23-14/h1-11H,(H,19,22)(H,18,20,21). The normalized spacial score (nSPS) is 10.1. The Kier molecular flexibility index (Phi) is 4.44. The zero-order valence-corrected chi connectivity index (χ0v) is 12.8. The van der Waals surface area contributed by atoms with E-state index in [0.717, 1.165) is 0 Å². The lowest BCUT2D eigenvalue weighted by molar-refractivity contribution is 0.102. The Balaban J connectivity index is 1.65. The predicted molar refractivity (Wildman–Crippen MR) is 90.9 cm³/mol. The van der Waals surface area contributed by atoms with Gasteiger partial charge in [-0.3, -0.25) is 9.59 Å². The topological polar surface area (TPSA) is 71.1 Å². The minimum Gasteiger partial charge on any atom is -0.321 e. The second kappa shape index (κ2) is 6.85. The Bertz CT molecular complexity index is 800. The summed E-state index contributed by atoms with van der Waals surface area (Å²) in [5.41, 5.74) is 1.13. The van der Waals surface area contributed by atoms with E-state index in [2.05, 4.69) is 15.6 Å². The van der Waals surface area contributed by atoms with Crippen molar-refractivity contribution >= 4 is 34.7 Å². The first-order valence-electron chi connectivity index (χ1n) is 6.90. The maximum absolute atomic E-state index is 12.1. The molecule has 2 N–H and O–H groups in total. The van der Waals surface area contributed by atoms with Crippen molar-refractivity contribution in [2.24, 2.45) is 0 Å². The third-order valence-corrected chi connectivity index (χ3v) is 3.93. The Morgan fingerprint density at radius 2 is 1.70 bits per heavy atom. The Morgan fingerprint density at radius 1 is 0.870 bits per heavy atom. The molecule has 114 valence electrons. The molecular weight excluding hydrogens is 310 g/mol. The molecule has 0 aliphatic heterocycles. The van der Waals surface area contributed by atoms with Crippen LogP contribution >= 0.6 is 11.3 Å². The second-order valence-electron chi connectivity index (χ2n) is 4.68. The minimum absolute atomic E-state index is 0.161. The number of carbonyl (C=O) groups is 2. The van der Waals surface area contributed by atoms with Crippen LogP contribution in [0.5, 0.6) is 0 Å². The average molecular weight is 323 g/mol. The first kappa shape index (κ1) is 14.9. The van der Waals surface area contributed by atoms with Crippen molar-refractivity contribution in [1.29, 1.82) is 0 Å². The molecule has 2 aromatic heterocycles. The Morgan fingerprint density at radius 3 is 2.35 bits per heavy atom. The van der Waals surface area contributed by atoms with Crippen LogP contribution in [0.15, 0.2) is 66.2 Å². The fourth-order valence-electron chi connectivity index (χ4n) is 1.93. The van der Waals surface area contributed by atoms with Gasteiger partial charge in [-0.2, -0.15) is 0 Å². The number of thiophene rings is 1. The molecule has 0 saturated heterocycles. The fraction of sp³-hybridized carbons (Fsp3) is 0. The van der Waals surface area contributed by atoms with Crippen LogP contribution in [0.2, 0.25) is 0 Å². The quantitative estimate of drug-likeness (QED) is 0.770. The van der Waals surface area contributed by atoms with Gasteiger partial charge in [0.25, 0.3) is 11.8 Å². The van der Waals surface area contributed by atoms with Crippen molar-refractivity contribution in [2.45, 2.75) is 0 Å². The zero-order valence-electron chi connectivity index (χ0n) is 12.0. The molecule has 0 bridgehead atoms. The molecule has 23 heavy (non-hydrogen) atoms. The minimum atomic E-state index is -0.250. The molecule has 0 unspecified atom stereocenters. The van der Waals surface area contributed by atoms with Crippen molar-refractivity contribution in [1.82, 2.24) is 4.98 Å².